The largest absolute Gasteiger partial charge is 0.313 e. The first-order valence-corrected chi connectivity index (χ1v) is 19.3. The summed E-state index contributed by atoms with van der Waals surface area (Å²) in [5.74, 6) is 0.464. The number of allylic oxidation sites excluding steroid dienone is 6. The highest BCUT2D eigenvalue weighted by Gasteiger charge is 2.36. The van der Waals surface area contributed by atoms with Crippen LogP contribution in [0.25, 0.3) is 89.2 Å². The van der Waals surface area contributed by atoms with Crippen LogP contribution in [0.4, 0.5) is 0 Å². The molecule has 0 fully saturated rings. The van der Waals surface area contributed by atoms with Crippen LogP contribution in [-0.4, -0.2) is 9.55 Å². The van der Waals surface area contributed by atoms with E-state index in [9.17, 15) is 5.26 Å². The summed E-state index contributed by atoms with van der Waals surface area (Å²) >= 11 is 0. The van der Waals surface area contributed by atoms with E-state index < -0.39 is 0 Å². The van der Waals surface area contributed by atoms with Crippen molar-refractivity contribution in [1.82, 2.24) is 9.55 Å². The van der Waals surface area contributed by atoms with Gasteiger partial charge in [0, 0.05) is 39.2 Å². The predicted octanol–water partition coefficient (Wildman–Crippen LogP) is 13.4. The number of nitrogens with zero attached hydrogens (tertiary/aromatic N) is 3. The Morgan fingerprint density at radius 2 is 1.65 bits per heavy atom. The number of hydrogen-bond acceptors (Lipinski definition) is 2. The lowest BCUT2D eigenvalue weighted by molar-refractivity contribution is 0.614. The molecule has 0 bridgehead atoms. The summed E-state index contributed by atoms with van der Waals surface area (Å²) < 4.78 is 2.38. The van der Waals surface area contributed by atoms with E-state index in [1.165, 1.54) is 55.1 Å². The SMILES string of the molecule is CC1C=CC=C(n2c3ccc(C#N)cc3c3ccc(-c4ccc(-c5cc6c7c8c(ccc7c5)C=C(c5cccc7ccccc57)CC8(C)C=C6)nc4)cc32)C1. The highest BCUT2D eigenvalue weighted by atomic mass is 15.0. The summed E-state index contributed by atoms with van der Waals surface area (Å²) in [6.07, 6.45) is 17.8. The average molecular weight is 704 g/mol. The molecule has 260 valence electrons. The van der Waals surface area contributed by atoms with Crippen LogP contribution < -0.4 is 0 Å². The maximum atomic E-state index is 9.68. The van der Waals surface area contributed by atoms with Crippen molar-refractivity contribution in [3.63, 3.8) is 0 Å². The van der Waals surface area contributed by atoms with Gasteiger partial charge < -0.3 is 4.57 Å². The second-order valence-corrected chi connectivity index (χ2v) is 15.9. The zero-order valence-corrected chi connectivity index (χ0v) is 30.8. The van der Waals surface area contributed by atoms with Crippen LogP contribution in [0.15, 0.2) is 146 Å². The fourth-order valence-corrected chi connectivity index (χ4v) is 9.65. The van der Waals surface area contributed by atoms with Crippen molar-refractivity contribution in [2.75, 3.05) is 0 Å². The summed E-state index contributed by atoms with van der Waals surface area (Å²) in [4.78, 5) is 5.06. The molecule has 2 aromatic heterocycles. The van der Waals surface area contributed by atoms with Gasteiger partial charge in [-0.2, -0.15) is 5.26 Å². The molecule has 11 rings (SSSR count). The molecule has 0 N–H and O–H groups in total. The van der Waals surface area contributed by atoms with Gasteiger partial charge in [0.25, 0.3) is 0 Å². The molecule has 0 amide bonds. The maximum absolute atomic E-state index is 9.68. The molecule has 0 spiro atoms. The Bertz CT molecular complexity index is 3120. The average Bonchev–Trinajstić information content (AvgIpc) is 3.55. The normalized spacial score (nSPS) is 18.5. The van der Waals surface area contributed by atoms with E-state index in [-0.39, 0.29) is 5.41 Å². The van der Waals surface area contributed by atoms with E-state index in [1.807, 2.05) is 18.3 Å². The molecule has 2 heterocycles. The van der Waals surface area contributed by atoms with Crippen LogP contribution >= 0.6 is 0 Å². The smallest absolute Gasteiger partial charge is 0.0991 e. The standard InChI is InChI=1S/C52H37N3/c1-32-7-5-10-42(23-32)55-48-20-13-33(30-53)24-46(48)45-18-16-35(28-49(45)55)39-17-19-47(54-31-39)40-25-36-14-15-38-27-41(44-12-6-9-34-8-3-4-11-43(34)44)29-52(2)22-21-37(26-40)50(36)51(38)52/h3-22,24-28,31-32H,23,29H2,1-2H3. The summed E-state index contributed by atoms with van der Waals surface area (Å²) in [7, 11) is 0. The van der Waals surface area contributed by atoms with E-state index >= 15 is 0 Å². The number of hydrogen-bond donors (Lipinski definition) is 0. The lowest BCUT2D eigenvalue weighted by Crippen LogP contribution is -2.26. The predicted molar refractivity (Wildman–Crippen MR) is 230 cm³/mol. The third-order valence-electron chi connectivity index (χ3n) is 12.2. The Morgan fingerprint density at radius 3 is 2.53 bits per heavy atom. The van der Waals surface area contributed by atoms with Gasteiger partial charge in [-0.25, -0.2) is 0 Å². The third kappa shape index (κ3) is 4.92. The second-order valence-electron chi connectivity index (χ2n) is 15.9. The number of fused-ring (bicyclic) bond motifs is 4. The monoisotopic (exact) mass is 703 g/mol. The van der Waals surface area contributed by atoms with Crippen molar-refractivity contribution in [3.8, 4) is 28.5 Å². The highest BCUT2D eigenvalue weighted by Crippen LogP contribution is 2.51. The van der Waals surface area contributed by atoms with Crippen molar-refractivity contribution >= 4 is 66.8 Å². The zero-order chi connectivity index (χ0) is 36.8. The minimum atomic E-state index is -0.0857. The Balaban J connectivity index is 0.973. The van der Waals surface area contributed by atoms with Crippen molar-refractivity contribution in [2.45, 2.75) is 32.1 Å². The van der Waals surface area contributed by atoms with Gasteiger partial charge in [0.2, 0.25) is 0 Å². The van der Waals surface area contributed by atoms with Gasteiger partial charge in [-0.15, -0.1) is 0 Å². The molecular weight excluding hydrogens is 667 g/mol. The fraction of sp³-hybridized carbons (Fsp3) is 0.115. The molecule has 2 unspecified atom stereocenters. The Morgan fingerprint density at radius 1 is 0.764 bits per heavy atom. The zero-order valence-electron chi connectivity index (χ0n) is 30.8. The molecule has 0 saturated carbocycles. The van der Waals surface area contributed by atoms with E-state index in [0.717, 1.165) is 57.0 Å². The molecule has 6 aromatic carbocycles. The minimum absolute atomic E-state index is 0.0857. The van der Waals surface area contributed by atoms with Crippen molar-refractivity contribution < 1.29 is 0 Å². The molecule has 3 aliphatic carbocycles. The quantitative estimate of drug-likeness (QED) is 0.183. The lowest BCUT2D eigenvalue weighted by atomic mass is 9.65. The fourth-order valence-electron chi connectivity index (χ4n) is 9.65. The summed E-state index contributed by atoms with van der Waals surface area (Å²) in [6, 6.07) is 44.1. The summed E-state index contributed by atoms with van der Waals surface area (Å²) in [6.45, 7) is 4.66. The highest BCUT2D eigenvalue weighted by molar-refractivity contribution is 6.11. The Labute approximate surface area is 320 Å². The molecule has 0 aliphatic heterocycles. The van der Waals surface area contributed by atoms with Gasteiger partial charge in [0.05, 0.1) is 28.4 Å². The molecule has 3 nitrogen and oxygen atoms in total. The molecule has 55 heavy (non-hydrogen) atoms. The van der Waals surface area contributed by atoms with Crippen molar-refractivity contribution in [3.05, 3.63) is 174 Å². The third-order valence-corrected chi connectivity index (χ3v) is 12.2. The topological polar surface area (TPSA) is 41.6 Å². The molecule has 2 atom stereocenters. The summed E-state index contributed by atoms with van der Waals surface area (Å²) in [5, 5.41) is 17.2. The van der Waals surface area contributed by atoms with Crippen LogP contribution in [0.3, 0.4) is 0 Å². The van der Waals surface area contributed by atoms with E-state index in [1.54, 1.807) is 0 Å². The molecule has 0 saturated heterocycles. The van der Waals surface area contributed by atoms with Crippen molar-refractivity contribution in [2.24, 2.45) is 5.92 Å². The molecular formula is C52H37N3. The van der Waals surface area contributed by atoms with Gasteiger partial charge in [-0.05, 0) is 122 Å². The number of pyridine rings is 1. The van der Waals surface area contributed by atoms with Crippen molar-refractivity contribution in [1.29, 1.82) is 5.26 Å². The van der Waals surface area contributed by atoms with Gasteiger partial charge in [0.15, 0.2) is 0 Å². The van der Waals surface area contributed by atoms with Gasteiger partial charge >= 0.3 is 0 Å². The molecule has 8 aromatic rings. The lowest BCUT2D eigenvalue weighted by Gasteiger charge is -2.38. The Kier molecular flexibility index (Phi) is 6.85. The summed E-state index contributed by atoms with van der Waals surface area (Å²) in [5.41, 5.74) is 15.2. The van der Waals surface area contributed by atoms with Gasteiger partial charge in [0.1, 0.15) is 0 Å². The number of nitriles is 1. The van der Waals surface area contributed by atoms with E-state index in [4.69, 9.17) is 4.98 Å². The van der Waals surface area contributed by atoms with E-state index in [0.29, 0.717) is 11.5 Å². The molecule has 3 heteroatoms. The van der Waals surface area contributed by atoms with Crippen LogP contribution in [0.5, 0.6) is 0 Å². The first-order valence-electron chi connectivity index (χ1n) is 19.3. The van der Waals surface area contributed by atoms with Crippen LogP contribution in [0.1, 0.15) is 54.5 Å². The van der Waals surface area contributed by atoms with Gasteiger partial charge in [-0.3, -0.25) is 4.98 Å². The first-order chi connectivity index (χ1) is 26.9. The Hall–Kier alpha value is -6.76. The number of rotatable bonds is 4. The molecule has 0 radical (unpaired) electrons. The molecule has 3 aliphatic rings. The van der Waals surface area contributed by atoms with Crippen LogP contribution in [0.2, 0.25) is 0 Å². The number of benzene rings is 6. The maximum Gasteiger partial charge on any atom is 0.0991 e. The second kappa shape index (κ2) is 11.9. The van der Waals surface area contributed by atoms with E-state index in [2.05, 4.69) is 164 Å². The first kappa shape index (κ1) is 31.7. The number of aromatic nitrogens is 2. The van der Waals surface area contributed by atoms with Crippen LogP contribution in [0, 0.1) is 17.2 Å². The van der Waals surface area contributed by atoms with Crippen LogP contribution in [-0.2, 0) is 5.41 Å². The van der Waals surface area contributed by atoms with Gasteiger partial charge in [-0.1, -0.05) is 117 Å². The minimum Gasteiger partial charge on any atom is -0.313 e.